The molecule has 17 heavy (non-hydrogen) atoms. The first kappa shape index (κ1) is 12.9. The third-order valence-corrected chi connectivity index (χ3v) is 4.00. The molecule has 1 saturated carbocycles. The van der Waals surface area contributed by atoms with Crippen molar-refractivity contribution in [1.29, 1.82) is 0 Å². The number of hydrogen-bond acceptors (Lipinski definition) is 0. The molecule has 0 N–H and O–H groups in total. The number of alkyl halides is 5. The minimum absolute atomic E-state index is 0.0306. The summed E-state index contributed by atoms with van der Waals surface area (Å²) in [5, 5.41) is 0. The standard InChI is InChI=1S/C10H9BrF5N/c11-7-6(8(12)13)1-4-17(7)5-9(2-3-9)10(14,15)16/h1,4,8H,2-3,5H2. The molecule has 1 aliphatic rings. The van der Waals surface area contributed by atoms with Crippen molar-refractivity contribution in [2.75, 3.05) is 0 Å². The van der Waals surface area contributed by atoms with E-state index in [0.29, 0.717) is 0 Å². The smallest absolute Gasteiger partial charge is 0.341 e. The SMILES string of the molecule is FC(F)c1ccn(CC2(C(F)(F)F)CC2)c1Br. The summed E-state index contributed by atoms with van der Waals surface area (Å²) in [6.45, 7) is -0.302. The largest absolute Gasteiger partial charge is 0.396 e. The van der Waals surface area contributed by atoms with Crippen molar-refractivity contribution >= 4 is 15.9 Å². The predicted molar refractivity (Wildman–Crippen MR) is 54.8 cm³/mol. The second kappa shape index (κ2) is 3.96. The number of aromatic nitrogens is 1. The summed E-state index contributed by atoms with van der Waals surface area (Å²) in [5.41, 5.74) is -2.00. The van der Waals surface area contributed by atoms with Crippen molar-refractivity contribution in [2.24, 2.45) is 5.41 Å². The molecule has 0 bridgehead atoms. The van der Waals surface area contributed by atoms with Crippen molar-refractivity contribution in [1.82, 2.24) is 4.57 Å². The van der Waals surface area contributed by atoms with Crippen LogP contribution in [0.5, 0.6) is 0 Å². The Morgan fingerprint density at radius 1 is 1.35 bits per heavy atom. The van der Waals surface area contributed by atoms with Crippen LogP contribution in [0.15, 0.2) is 16.9 Å². The molecule has 1 nitrogen and oxygen atoms in total. The Kier molecular flexibility index (Phi) is 3.00. The molecule has 1 heterocycles. The summed E-state index contributed by atoms with van der Waals surface area (Å²) < 4.78 is 64.2. The molecule has 0 radical (unpaired) electrons. The number of rotatable bonds is 3. The highest BCUT2D eigenvalue weighted by Crippen LogP contribution is 2.59. The molecular formula is C10H9BrF5N. The van der Waals surface area contributed by atoms with E-state index < -0.39 is 18.0 Å². The third-order valence-electron chi connectivity index (χ3n) is 3.09. The number of halogens is 6. The van der Waals surface area contributed by atoms with Crippen LogP contribution in [0.25, 0.3) is 0 Å². The monoisotopic (exact) mass is 317 g/mol. The van der Waals surface area contributed by atoms with Crippen molar-refractivity contribution in [2.45, 2.75) is 32.0 Å². The Bertz CT molecular complexity index is 419. The van der Waals surface area contributed by atoms with E-state index >= 15 is 0 Å². The molecule has 0 aliphatic heterocycles. The lowest BCUT2D eigenvalue weighted by Crippen LogP contribution is -2.29. The second-order valence-corrected chi connectivity index (χ2v) is 5.02. The van der Waals surface area contributed by atoms with Gasteiger partial charge in [0.05, 0.1) is 15.6 Å². The van der Waals surface area contributed by atoms with E-state index in [-0.39, 0.29) is 29.6 Å². The van der Waals surface area contributed by atoms with E-state index in [4.69, 9.17) is 0 Å². The quantitative estimate of drug-likeness (QED) is 0.722. The Hall–Kier alpha value is -0.590. The van der Waals surface area contributed by atoms with Gasteiger partial charge in [-0.15, -0.1) is 0 Å². The van der Waals surface area contributed by atoms with E-state index in [0.717, 1.165) is 6.07 Å². The summed E-state index contributed by atoms with van der Waals surface area (Å²) in [4.78, 5) is 0. The molecule has 0 amide bonds. The van der Waals surface area contributed by atoms with Crippen molar-refractivity contribution in [3.63, 3.8) is 0 Å². The lowest BCUT2D eigenvalue weighted by atomic mass is 10.1. The Labute approximate surface area is 103 Å². The van der Waals surface area contributed by atoms with Gasteiger partial charge in [0.25, 0.3) is 6.43 Å². The van der Waals surface area contributed by atoms with Crippen molar-refractivity contribution < 1.29 is 22.0 Å². The van der Waals surface area contributed by atoms with Crippen LogP contribution in [0.2, 0.25) is 0 Å². The highest BCUT2D eigenvalue weighted by Gasteiger charge is 2.63. The van der Waals surface area contributed by atoms with Gasteiger partial charge in [-0.2, -0.15) is 13.2 Å². The third kappa shape index (κ3) is 2.21. The van der Waals surface area contributed by atoms with Crippen molar-refractivity contribution in [3.05, 3.63) is 22.4 Å². The zero-order valence-corrected chi connectivity index (χ0v) is 10.2. The highest BCUT2D eigenvalue weighted by molar-refractivity contribution is 9.10. The molecule has 2 rings (SSSR count). The highest BCUT2D eigenvalue weighted by atomic mass is 79.9. The van der Waals surface area contributed by atoms with Crippen molar-refractivity contribution in [3.8, 4) is 0 Å². The molecular weight excluding hydrogens is 309 g/mol. The second-order valence-electron chi connectivity index (χ2n) is 4.27. The van der Waals surface area contributed by atoms with Crippen LogP contribution in [-0.4, -0.2) is 10.7 Å². The van der Waals surface area contributed by atoms with Gasteiger partial charge in [-0.1, -0.05) is 0 Å². The van der Waals surface area contributed by atoms with Crippen LogP contribution < -0.4 is 0 Å². The zero-order valence-electron chi connectivity index (χ0n) is 8.57. The molecule has 7 heteroatoms. The normalized spacial score (nSPS) is 18.8. The van der Waals surface area contributed by atoms with Gasteiger partial charge in [0.15, 0.2) is 0 Å². The average Bonchev–Trinajstić information content (AvgIpc) is 2.87. The zero-order chi connectivity index (χ0) is 12.8. The summed E-state index contributed by atoms with van der Waals surface area (Å²) in [5.74, 6) is 0. The van der Waals surface area contributed by atoms with Gasteiger partial charge in [0, 0.05) is 12.7 Å². The molecule has 1 aliphatic carbocycles. The molecule has 1 aromatic heterocycles. The summed E-state index contributed by atoms with van der Waals surface area (Å²) in [6, 6.07) is 1.14. The van der Waals surface area contributed by atoms with Gasteiger partial charge in [0.1, 0.15) is 0 Å². The van der Waals surface area contributed by atoms with E-state index in [1.165, 1.54) is 10.8 Å². The fraction of sp³-hybridized carbons (Fsp3) is 0.600. The Morgan fingerprint density at radius 3 is 2.29 bits per heavy atom. The van der Waals surface area contributed by atoms with Crippen LogP contribution in [0, 0.1) is 5.41 Å². The molecule has 0 aromatic carbocycles. The topological polar surface area (TPSA) is 4.93 Å². The molecule has 1 aromatic rings. The molecule has 0 unspecified atom stereocenters. The number of nitrogens with zero attached hydrogens (tertiary/aromatic N) is 1. The Balaban J connectivity index is 2.21. The maximum atomic E-state index is 12.7. The fourth-order valence-electron chi connectivity index (χ4n) is 1.76. The summed E-state index contributed by atoms with van der Waals surface area (Å²) >= 11 is 2.91. The van der Waals surface area contributed by atoms with Gasteiger partial charge in [0.2, 0.25) is 0 Å². The lowest BCUT2D eigenvalue weighted by molar-refractivity contribution is -0.191. The fourth-order valence-corrected chi connectivity index (χ4v) is 2.31. The molecule has 0 saturated heterocycles. The summed E-state index contributed by atoms with van der Waals surface area (Å²) in [6.07, 6.45) is -5.58. The molecule has 1 fully saturated rings. The van der Waals surface area contributed by atoms with Crippen LogP contribution in [0.4, 0.5) is 22.0 Å². The maximum absolute atomic E-state index is 12.7. The maximum Gasteiger partial charge on any atom is 0.396 e. The minimum Gasteiger partial charge on any atom is -0.341 e. The van der Waals surface area contributed by atoms with Gasteiger partial charge in [-0.05, 0) is 34.8 Å². The lowest BCUT2D eigenvalue weighted by Gasteiger charge is -2.20. The van der Waals surface area contributed by atoms with E-state index in [9.17, 15) is 22.0 Å². The van der Waals surface area contributed by atoms with E-state index in [1.807, 2.05) is 0 Å². The number of hydrogen-bond donors (Lipinski definition) is 0. The van der Waals surface area contributed by atoms with Crippen LogP contribution in [0.3, 0.4) is 0 Å². The summed E-state index contributed by atoms with van der Waals surface area (Å²) in [7, 11) is 0. The molecule has 96 valence electrons. The predicted octanol–water partition coefficient (Wildman–Crippen LogP) is 4.53. The van der Waals surface area contributed by atoms with E-state index in [1.54, 1.807) is 0 Å². The van der Waals surface area contributed by atoms with Crippen LogP contribution in [0.1, 0.15) is 24.8 Å². The first-order valence-corrected chi connectivity index (χ1v) is 5.75. The van der Waals surface area contributed by atoms with Gasteiger partial charge in [-0.3, -0.25) is 0 Å². The first-order chi connectivity index (χ1) is 7.77. The molecule has 0 spiro atoms. The minimum atomic E-state index is -4.28. The Morgan fingerprint density at radius 2 is 1.94 bits per heavy atom. The average molecular weight is 318 g/mol. The van der Waals surface area contributed by atoms with Gasteiger partial charge >= 0.3 is 6.18 Å². The first-order valence-electron chi connectivity index (χ1n) is 4.96. The van der Waals surface area contributed by atoms with Gasteiger partial charge < -0.3 is 4.57 Å². The van der Waals surface area contributed by atoms with Gasteiger partial charge in [-0.25, -0.2) is 8.78 Å². The van der Waals surface area contributed by atoms with E-state index in [2.05, 4.69) is 15.9 Å². The van der Waals surface area contributed by atoms with Crippen LogP contribution in [-0.2, 0) is 6.54 Å². The molecule has 0 atom stereocenters. The van der Waals surface area contributed by atoms with Crippen LogP contribution >= 0.6 is 15.9 Å².